The predicted molar refractivity (Wildman–Crippen MR) is 87.1 cm³/mol. The van der Waals surface area contributed by atoms with Crippen molar-refractivity contribution < 1.29 is 14.0 Å². The molecular formula is C16H15FN4O4. The Labute approximate surface area is 140 Å². The zero-order chi connectivity index (χ0) is 18.5. The zero-order valence-corrected chi connectivity index (χ0v) is 13.7. The van der Waals surface area contributed by atoms with Crippen LogP contribution in [0, 0.1) is 6.92 Å². The average molecular weight is 346 g/mol. The number of fused-ring (bicyclic) bond motifs is 1. The molecule has 2 aromatic heterocycles. The van der Waals surface area contributed by atoms with Gasteiger partial charge < -0.3 is 5.32 Å². The number of carbonyl (C=O) groups excluding carboxylic acids is 2. The van der Waals surface area contributed by atoms with Gasteiger partial charge in [0.05, 0.1) is 11.4 Å². The smallest absolute Gasteiger partial charge is 0.308 e. The van der Waals surface area contributed by atoms with Gasteiger partial charge in [0, 0.05) is 6.20 Å². The highest BCUT2D eigenvalue weighted by atomic mass is 19.1. The molecule has 25 heavy (non-hydrogen) atoms. The number of carbonyl (C=O) groups is 2. The first-order valence-electron chi connectivity index (χ1n) is 7.58. The molecule has 0 fully saturated rings. The number of halogens is 1. The SMILES string of the molecule is Cc1ccnc(C(C)C)c1-n1c2c(c(=O)[nH]c1=O)C(=O)C(F)C(=O)N2. The van der Waals surface area contributed by atoms with Crippen LogP contribution in [-0.2, 0) is 4.79 Å². The van der Waals surface area contributed by atoms with E-state index in [1.165, 1.54) is 0 Å². The number of rotatable bonds is 2. The molecule has 0 aliphatic carbocycles. The molecule has 2 N–H and O–H groups in total. The van der Waals surface area contributed by atoms with Gasteiger partial charge in [-0.2, -0.15) is 0 Å². The van der Waals surface area contributed by atoms with Gasteiger partial charge in [0.25, 0.3) is 11.5 Å². The van der Waals surface area contributed by atoms with Crippen LogP contribution in [0.15, 0.2) is 21.9 Å². The van der Waals surface area contributed by atoms with Crippen LogP contribution in [0.3, 0.4) is 0 Å². The molecule has 0 radical (unpaired) electrons. The molecule has 1 aliphatic heterocycles. The Bertz CT molecular complexity index is 1020. The number of anilines is 1. The largest absolute Gasteiger partial charge is 0.334 e. The lowest BCUT2D eigenvalue weighted by molar-refractivity contribution is -0.119. The van der Waals surface area contributed by atoms with Gasteiger partial charge in [-0.25, -0.2) is 13.8 Å². The molecule has 3 rings (SSSR count). The summed E-state index contributed by atoms with van der Waals surface area (Å²) >= 11 is 0. The molecule has 8 nitrogen and oxygen atoms in total. The molecular weight excluding hydrogens is 331 g/mol. The van der Waals surface area contributed by atoms with E-state index in [2.05, 4.69) is 10.3 Å². The number of H-pyrrole nitrogens is 1. The Morgan fingerprint density at radius 3 is 2.56 bits per heavy atom. The summed E-state index contributed by atoms with van der Waals surface area (Å²) in [5, 5.41) is 2.16. The lowest BCUT2D eigenvalue weighted by Crippen LogP contribution is -2.46. The van der Waals surface area contributed by atoms with Crippen LogP contribution in [0.2, 0.25) is 0 Å². The number of aromatic amines is 1. The summed E-state index contributed by atoms with van der Waals surface area (Å²) in [6, 6.07) is 1.65. The van der Waals surface area contributed by atoms with Crippen molar-refractivity contribution in [2.75, 3.05) is 5.32 Å². The highest BCUT2D eigenvalue weighted by Crippen LogP contribution is 2.28. The van der Waals surface area contributed by atoms with E-state index in [0.29, 0.717) is 16.9 Å². The zero-order valence-electron chi connectivity index (χ0n) is 13.7. The lowest BCUT2D eigenvalue weighted by Gasteiger charge is -2.24. The number of pyridine rings is 1. The van der Waals surface area contributed by atoms with E-state index < -0.39 is 34.7 Å². The molecule has 1 unspecified atom stereocenters. The fourth-order valence-corrected chi connectivity index (χ4v) is 2.81. The van der Waals surface area contributed by atoms with E-state index in [4.69, 9.17) is 0 Å². The standard InChI is InChI=1S/C16H15FN4O4/c1-6(2)10-11(7(3)4-5-18-10)21-13-8(14(23)20-16(21)25)12(22)9(17)15(24)19-13/h4-6,9H,1-3H3,(H,19,24)(H,20,23,25). The van der Waals surface area contributed by atoms with Crippen molar-refractivity contribution in [2.24, 2.45) is 0 Å². The lowest BCUT2D eigenvalue weighted by atomic mass is 10.0. The number of hydrogen-bond donors (Lipinski definition) is 2. The monoisotopic (exact) mass is 346 g/mol. The second-order valence-electron chi connectivity index (χ2n) is 6.05. The number of amides is 1. The molecule has 3 heterocycles. The van der Waals surface area contributed by atoms with Gasteiger partial charge in [-0.3, -0.25) is 24.4 Å². The minimum atomic E-state index is -2.49. The minimum Gasteiger partial charge on any atom is -0.308 e. The van der Waals surface area contributed by atoms with Crippen molar-refractivity contribution in [3.05, 3.63) is 49.9 Å². The molecule has 2 aromatic rings. The molecule has 0 saturated carbocycles. The molecule has 1 aliphatic rings. The van der Waals surface area contributed by atoms with E-state index in [1.54, 1.807) is 19.2 Å². The van der Waals surface area contributed by atoms with E-state index in [-0.39, 0.29) is 11.7 Å². The molecule has 1 amide bonds. The first-order valence-corrected chi connectivity index (χ1v) is 7.58. The maximum atomic E-state index is 13.7. The molecule has 0 spiro atoms. The van der Waals surface area contributed by atoms with Crippen molar-refractivity contribution in [1.82, 2.24) is 14.5 Å². The van der Waals surface area contributed by atoms with E-state index in [1.807, 2.05) is 18.8 Å². The second kappa shape index (κ2) is 5.76. The normalized spacial score (nSPS) is 16.8. The van der Waals surface area contributed by atoms with Crippen molar-refractivity contribution in [3.63, 3.8) is 0 Å². The fourth-order valence-electron chi connectivity index (χ4n) is 2.81. The van der Waals surface area contributed by atoms with Gasteiger partial charge in [0.1, 0.15) is 11.4 Å². The van der Waals surface area contributed by atoms with Crippen LogP contribution >= 0.6 is 0 Å². The predicted octanol–water partition coefficient (Wildman–Crippen LogP) is 0.826. The van der Waals surface area contributed by atoms with Gasteiger partial charge in [0.15, 0.2) is 0 Å². The van der Waals surface area contributed by atoms with Gasteiger partial charge in [0.2, 0.25) is 12.0 Å². The topological polar surface area (TPSA) is 114 Å². The van der Waals surface area contributed by atoms with Crippen molar-refractivity contribution in [3.8, 4) is 5.69 Å². The van der Waals surface area contributed by atoms with Crippen LogP contribution in [0.1, 0.15) is 41.4 Å². The summed E-state index contributed by atoms with van der Waals surface area (Å²) in [5.74, 6) is -2.92. The van der Waals surface area contributed by atoms with Crippen LogP contribution in [-0.4, -0.2) is 32.4 Å². The van der Waals surface area contributed by atoms with Crippen LogP contribution in [0.4, 0.5) is 10.2 Å². The van der Waals surface area contributed by atoms with E-state index in [9.17, 15) is 23.6 Å². The second-order valence-corrected chi connectivity index (χ2v) is 6.05. The molecule has 0 bridgehead atoms. The molecule has 130 valence electrons. The number of hydrogen-bond acceptors (Lipinski definition) is 5. The molecule has 0 aromatic carbocycles. The first kappa shape index (κ1) is 16.7. The summed E-state index contributed by atoms with van der Waals surface area (Å²) in [6.45, 7) is 5.43. The third kappa shape index (κ3) is 2.48. The first-order chi connectivity index (χ1) is 11.7. The third-order valence-electron chi connectivity index (χ3n) is 3.98. The van der Waals surface area contributed by atoms with E-state index in [0.717, 1.165) is 4.57 Å². The summed E-state index contributed by atoms with van der Waals surface area (Å²) in [4.78, 5) is 54.5. The van der Waals surface area contributed by atoms with Crippen molar-refractivity contribution >= 4 is 17.5 Å². The number of alkyl halides is 1. The quantitative estimate of drug-likeness (QED) is 0.782. The van der Waals surface area contributed by atoms with Gasteiger partial charge in [-0.05, 0) is 24.5 Å². The third-order valence-corrected chi connectivity index (χ3v) is 3.98. The highest BCUT2D eigenvalue weighted by Gasteiger charge is 2.39. The van der Waals surface area contributed by atoms with Gasteiger partial charge in [-0.15, -0.1) is 0 Å². The summed E-state index contributed by atoms with van der Waals surface area (Å²) in [6.07, 6.45) is -0.919. The minimum absolute atomic E-state index is 0.0895. The van der Waals surface area contributed by atoms with Gasteiger partial charge >= 0.3 is 5.69 Å². The summed E-state index contributed by atoms with van der Waals surface area (Å²) in [7, 11) is 0. The number of nitrogens with one attached hydrogen (secondary N) is 2. The van der Waals surface area contributed by atoms with Crippen molar-refractivity contribution in [2.45, 2.75) is 32.9 Å². The van der Waals surface area contributed by atoms with E-state index >= 15 is 0 Å². The van der Waals surface area contributed by atoms with Gasteiger partial charge in [-0.1, -0.05) is 13.8 Å². The molecule has 0 saturated heterocycles. The van der Waals surface area contributed by atoms with Crippen molar-refractivity contribution in [1.29, 1.82) is 0 Å². The maximum absolute atomic E-state index is 13.7. The number of ketones is 1. The number of nitrogens with zero attached hydrogens (tertiary/aromatic N) is 2. The Hall–Kier alpha value is -3.10. The molecule has 1 atom stereocenters. The highest BCUT2D eigenvalue weighted by molar-refractivity contribution is 6.22. The Balaban J connectivity index is 2.46. The summed E-state index contributed by atoms with van der Waals surface area (Å²) < 4.78 is 14.7. The molecule has 9 heteroatoms. The Morgan fingerprint density at radius 2 is 1.92 bits per heavy atom. The summed E-state index contributed by atoms with van der Waals surface area (Å²) in [5.41, 5.74) is -0.992. The van der Waals surface area contributed by atoms with Crippen LogP contribution in [0.5, 0.6) is 0 Å². The maximum Gasteiger partial charge on any atom is 0.334 e. The van der Waals surface area contributed by atoms with Crippen LogP contribution < -0.4 is 16.6 Å². The average Bonchev–Trinajstić information content (AvgIpc) is 2.53. The number of Topliss-reactive ketones (excluding diaryl/α,β-unsaturated/α-hetero) is 1. The number of aromatic nitrogens is 3. The Kier molecular flexibility index (Phi) is 3.86. The fraction of sp³-hybridized carbons (Fsp3) is 0.312. The van der Waals surface area contributed by atoms with Crippen LogP contribution in [0.25, 0.3) is 5.69 Å². The Morgan fingerprint density at radius 1 is 1.24 bits per heavy atom. The number of aryl methyl sites for hydroxylation is 1.